The first kappa shape index (κ1) is 11.6. The van der Waals surface area contributed by atoms with Crippen molar-refractivity contribution in [2.24, 2.45) is 17.8 Å². The number of nitrogens with one attached hydrogen (secondary N) is 1. The van der Waals surface area contributed by atoms with Gasteiger partial charge < -0.3 is 11.1 Å². The largest absolute Gasteiger partial charge is 0.398 e. The van der Waals surface area contributed by atoms with Crippen molar-refractivity contribution in [3.63, 3.8) is 0 Å². The molecule has 3 rings (SSSR count). The Morgan fingerprint density at radius 3 is 2.78 bits per heavy atom. The van der Waals surface area contributed by atoms with E-state index >= 15 is 0 Å². The van der Waals surface area contributed by atoms with Crippen LogP contribution in [0.3, 0.4) is 0 Å². The Bertz CT molecular complexity index is 458. The van der Waals surface area contributed by atoms with Crippen molar-refractivity contribution < 1.29 is 4.79 Å². The zero-order valence-electron chi connectivity index (χ0n) is 10.6. The normalized spacial score (nSPS) is 29.4. The molecule has 0 heterocycles. The number of anilines is 1. The van der Waals surface area contributed by atoms with Crippen molar-refractivity contribution in [3.8, 4) is 0 Å². The lowest BCUT2D eigenvalue weighted by atomic mass is 9.89. The van der Waals surface area contributed by atoms with Crippen molar-refractivity contribution in [3.05, 3.63) is 29.8 Å². The predicted octanol–water partition coefficient (Wildman–Crippen LogP) is 2.43. The molecule has 0 spiro atoms. The van der Waals surface area contributed by atoms with Crippen LogP contribution >= 0.6 is 0 Å². The van der Waals surface area contributed by atoms with Crippen molar-refractivity contribution in [1.82, 2.24) is 5.32 Å². The van der Waals surface area contributed by atoms with E-state index in [9.17, 15) is 4.79 Å². The van der Waals surface area contributed by atoms with Gasteiger partial charge in [-0.25, -0.2) is 0 Å². The molecule has 2 bridgehead atoms. The summed E-state index contributed by atoms with van der Waals surface area (Å²) in [6, 6.07) is 7.25. The quantitative estimate of drug-likeness (QED) is 0.802. The van der Waals surface area contributed by atoms with Gasteiger partial charge in [-0.2, -0.15) is 0 Å². The lowest BCUT2D eigenvalue weighted by Crippen LogP contribution is -2.31. The fraction of sp³-hybridized carbons (Fsp3) is 0.533. The number of nitrogen functional groups attached to an aromatic ring is 1. The molecule has 1 amide bonds. The standard InChI is InChI=1S/C15H20N2O/c16-14-4-2-1-3-13(14)15(18)17-9-12-8-10-5-6-11(12)7-10/h1-4,10-12H,5-9,16H2,(H,17,18). The van der Waals surface area contributed by atoms with Gasteiger partial charge in [0.05, 0.1) is 5.56 Å². The molecular formula is C15H20N2O. The van der Waals surface area contributed by atoms with E-state index in [-0.39, 0.29) is 5.91 Å². The molecule has 2 aliphatic carbocycles. The van der Waals surface area contributed by atoms with Gasteiger partial charge in [0.15, 0.2) is 0 Å². The average molecular weight is 244 g/mol. The lowest BCUT2D eigenvalue weighted by molar-refractivity contribution is 0.0942. The third-order valence-corrected chi connectivity index (χ3v) is 4.61. The van der Waals surface area contributed by atoms with Gasteiger partial charge in [0, 0.05) is 12.2 Å². The van der Waals surface area contributed by atoms with Crippen LogP contribution in [-0.4, -0.2) is 12.5 Å². The lowest BCUT2D eigenvalue weighted by Gasteiger charge is -2.21. The number of para-hydroxylation sites is 1. The van der Waals surface area contributed by atoms with E-state index in [4.69, 9.17) is 5.73 Å². The number of rotatable bonds is 3. The first-order valence-electron chi connectivity index (χ1n) is 6.86. The van der Waals surface area contributed by atoms with E-state index < -0.39 is 0 Å². The Kier molecular flexibility index (Phi) is 2.98. The molecule has 3 N–H and O–H groups in total. The predicted molar refractivity (Wildman–Crippen MR) is 72.1 cm³/mol. The molecule has 18 heavy (non-hydrogen) atoms. The summed E-state index contributed by atoms with van der Waals surface area (Å²) in [5.41, 5.74) is 6.96. The van der Waals surface area contributed by atoms with Crippen molar-refractivity contribution in [1.29, 1.82) is 0 Å². The Morgan fingerprint density at radius 1 is 1.28 bits per heavy atom. The number of hydrogen-bond acceptors (Lipinski definition) is 2. The van der Waals surface area contributed by atoms with Crippen molar-refractivity contribution in [2.75, 3.05) is 12.3 Å². The highest BCUT2D eigenvalue weighted by molar-refractivity contribution is 5.99. The van der Waals surface area contributed by atoms with E-state index in [1.165, 1.54) is 25.7 Å². The summed E-state index contributed by atoms with van der Waals surface area (Å²) < 4.78 is 0. The van der Waals surface area contributed by atoms with E-state index in [0.717, 1.165) is 18.4 Å². The van der Waals surface area contributed by atoms with Crippen molar-refractivity contribution in [2.45, 2.75) is 25.7 Å². The van der Waals surface area contributed by atoms with Gasteiger partial charge in [-0.1, -0.05) is 18.6 Å². The van der Waals surface area contributed by atoms with Crippen LogP contribution in [-0.2, 0) is 0 Å². The average Bonchev–Trinajstić information content (AvgIpc) is 2.98. The van der Waals surface area contributed by atoms with Crippen LogP contribution in [0.5, 0.6) is 0 Å². The van der Waals surface area contributed by atoms with E-state index in [0.29, 0.717) is 17.2 Å². The summed E-state index contributed by atoms with van der Waals surface area (Å²) in [5, 5.41) is 3.05. The van der Waals surface area contributed by atoms with E-state index in [1.807, 2.05) is 12.1 Å². The summed E-state index contributed by atoms with van der Waals surface area (Å²) in [5.74, 6) is 2.44. The molecule has 3 heteroatoms. The minimum absolute atomic E-state index is 0.0316. The third kappa shape index (κ3) is 2.09. The highest BCUT2D eigenvalue weighted by Gasteiger charge is 2.39. The van der Waals surface area contributed by atoms with Crippen LogP contribution < -0.4 is 11.1 Å². The Balaban J connectivity index is 1.57. The number of benzene rings is 1. The van der Waals surface area contributed by atoms with Crippen LogP contribution in [0.25, 0.3) is 0 Å². The smallest absolute Gasteiger partial charge is 0.253 e. The second kappa shape index (κ2) is 4.63. The van der Waals surface area contributed by atoms with Gasteiger partial charge in [-0.05, 0) is 49.1 Å². The zero-order chi connectivity index (χ0) is 12.5. The molecule has 3 nitrogen and oxygen atoms in total. The summed E-state index contributed by atoms with van der Waals surface area (Å²) in [7, 11) is 0. The Labute approximate surface area is 108 Å². The maximum absolute atomic E-state index is 12.0. The molecule has 96 valence electrons. The van der Waals surface area contributed by atoms with Gasteiger partial charge in [-0.3, -0.25) is 4.79 Å². The summed E-state index contributed by atoms with van der Waals surface area (Å²) in [4.78, 5) is 12.0. The highest BCUT2D eigenvalue weighted by atomic mass is 16.1. The first-order valence-corrected chi connectivity index (χ1v) is 6.86. The molecule has 2 saturated carbocycles. The second-order valence-electron chi connectivity index (χ2n) is 5.73. The van der Waals surface area contributed by atoms with Crippen LogP contribution in [0.15, 0.2) is 24.3 Å². The number of hydrogen-bond donors (Lipinski definition) is 2. The molecule has 0 aromatic heterocycles. The number of carbonyl (C=O) groups is 1. The van der Waals surface area contributed by atoms with Gasteiger partial charge in [-0.15, -0.1) is 0 Å². The molecule has 1 aromatic rings. The highest BCUT2D eigenvalue weighted by Crippen LogP contribution is 2.47. The summed E-state index contributed by atoms with van der Waals surface area (Å²) >= 11 is 0. The van der Waals surface area contributed by atoms with E-state index in [1.54, 1.807) is 12.1 Å². The van der Waals surface area contributed by atoms with E-state index in [2.05, 4.69) is 5.32 Å². The molecule has 3 atom stereocenters. The Morgan fingerprint density at radius 2 is 2.11 bits per heavy atom. The van der Waals surface area contributed by atoms with Gasteiger partial charge in [0.25, 0.3) is 5.91 Å². The fourth-order valence-electron chi connectivity index (χ4n) is 3.65. The van der Waals surface area contributed by atoms with Crippen LogP contribution in [0.4, 0.5) is 5.69 Å². The van der Waals surface area contributed by atoms with Crippen LogP contribution in [0, 0.1) is 17.8 Å². The molecule has 2 aliphatic rings. The topological polar surface area (TPSA) is 55.1 Å². The number of carbonyl (C=O) groups excluding carboxylic acids is 1. The summed E-state index contributed by atoms with van der Waals surface area (Å²) in [6.45, 7) is 0.814. The van der Waals surface area contributed by atoms with Crippen LogP contribution in [0.2, 0.25) is 0 Å². The monoisotopic (exact) mass is 244 g/mol. The molecule has 3 unspecified atom stereocenters. The minimum atomic E-state index is -0.0316. The maximum Gasteiger partial charge on any atom is 0.253 e. The SMILES string of the molecule is Nc1ccccc1C(=O)NCC1CC2CCC1C2. The minimum Gasteiger partial charge on any atom is -0.398 e. The third-order valence-electron chi connectivity index (χ3n) is 4.61. The molecule has 0 radical (unpaired) electrons. The van der Waals surface area contributed by atoms with Crippen molar-refractivity contribution >= 4 is 11.6 Å². The summed E-state index contributed by atoms with van der Waals surface area (Å²) in [6.07, 6.45) is 5.45. The number of nitrogens with two attached hydrogens (primary N) is 1. The molecular weight excluding hydrogens is 224 g/mol. The number of amides is 1. The second-order valence-corrected chi connectivity index (χ2v) is 5.73. The fourth-order valence-corrected chi connectivity index (χ4v) is 3.65. The molecule has 0 aliphatic heterocycles. The molecule has 1 aromatic carbocycles. The molecule has 0 saturated heterocycles. The van der Waals surface area contributed by atoms with Gasteiger partial charge in [0.2, 0.25) is 0 Å². The maximum atomic E-state index is 12.0. The molecule has 2 fully saturated rings. The van der Waals surface area contributed by atoms with Crippen LogP contribution in [0.1, 0.15) is 36.0 Å². The van der Waals surface area contributed by atoms with Gasteiger partial charge >= 0.3 is 0 Å². The van der Waals surface area contributed by atoms with Gasteiger partial charge in [0.1, 0.15) is 0 Å². The Hall–Kier alpha value is -1.51. The zero-order valence-corrected chi connectivity index (χ0v) is 10.6. The first-order chi connectivity index (χ1) is 8.74. The number of fused-ring (bicyclic) bond motifs is 2.